The zero-order chi connectivity index (χ0) is 13.0. The summed E-state index contributed by atoms with van der Waals surface area (Å²) >= 11 is 0. The minimum absolute atomic E-state index is 0.717. The molecular weight excluding hydrogens is 228 g/mol. The molecular formula is C14H16N2O2. The van der Waals surface area contributed by atoms with Gasteiger partial charge in [0.2, 0.25) is 0 Å². The monoisotopic (exact) mass is 244 g/mol. The lowest BCUT2D eigenvalue weighted by molar-refractivity contribution is 0.395. The standard InChI is InChI=1S/C14H16N2O2/c1-17-13-7-12(8-14(9-13)18-2)16-11-5-3-4-10(15)6-11/h3-9,16H,15H2,1-2H3. The first-order valence-electron chi connectivity index (χ1n) is 5.57. The van der Waals surface area contributed by atoms with Gasteiger partial charge in [-0.25, -0.2) is 0 Å². The van der Waals surface area contributed by atoms with Crippen molar-refractivity contribution in [1.29, 1.82) is 0 Å². The van der Waals surface area contributed by atoms with E-state index in [2.05, 4.69) is 5.32 Å². The van der Waals surface area contributed by atoms with Crippen LogP contribution in [0, 0.1) is 0 Å². The third-order valence-corrected chi connectivity index (χ3v) is 2.53. The lowest BCUT2D eigenvalue weighted by atomic mass is 10.2. The summed E-state index contributed by atoms with van der Waals surface area (Å²) in [7, 11) is 3.25. The van der Waals surface area contributed by atoms with Gasteiger partial charge in [-0.05, 0) is 18.2 Å². The van der Waals surface area contributed by atoms with E-state index in [1.807, 2.05) is 42.5 Å². The Labute approximate surface area is 106 Å². The lowest BCUT2D eigenvalue weighted by Gasteiger charge is -2.11. The fourth-order valence-corrected chi connectivity index (χ4v) is 1.66. The molecule has 0 atom stereocenters. The van der Waals surface area contributed by atoms with Gasteiger partial charge < -0.3 is 20.5 Å². The average molecular weight is 244 g/mol. The van der Waals surface area contributed by atoms with Crippen molar-refractivity contribution in [3.05, 3.63) is 42.5 Å². The van der Waals surface area contributed by atoms with Gasteiger partial charge in [0.25, 0.3) is 0 Å². The molecule has 4 nitrogen and oxygen atoms in total. The van der Waals surface area contributed by atoms with Gasteiger partial charge in [0, 0.05) is 35.3 Å². The third kappa shape index (κ3) is 2.85. The normalized spacial score (nSPS) is 9.89. The van der Waals surface area contributed by atoms with E-state index < -0.39 is 0 Å². The summed E-state index contributed by atoms with van der Waals surface area (Å²) in [5.74, 6) is 1.47. The molecule has 94 valence electrons. The van der Waals surface area contributed by atoms with Crippen molar-refractivity contribution < 1.29 is 9.47 Å². The number of rotatable bonds is 4. The molecule has 18 heavy (non-hydrogen) atoms. The van der Waals surface area contributed by atoms with Crippen LogP contribution in [0.15, 0.2) is 42.5 Å². The van der Waals surface area contributed by atoms with E-state index in [0.717, 1.165) is 28.6 Å². The Morgan fingerprint density at radius 2 is 1.56 bits per heavy atom. The van der Waals surface area contributed by atoms with Crippen LogP contribution in [0.4, 0.5) is 17.1 Å². The fraction of sp³-hybridized carbons (Fsp3) is 0.143. The van der Waals surface area contributed by atoms with Crippen molar-refractivity contribution in [2.45, 2.75) is 0 Å². The highest BCUT2D eigenvalue weighted by Crippen LogP contribution is 2.28. The van der Waals surface area contributed by atoms with Gasteiger partial charge in [0.1, 0.15) is 11.5 Å². The highest BCUT2D eigenvalue weighted by Gasteiger charge is 2.02. The van der Waals surface area contributed by atoms with Gasteiger partial charge in [-0.15, -0.1) is 0 Å². The third-order valence-electron chi connectivity index (χ3n) is 2.53. The van der Waals surface area contributed by atoms with E-state index in [-0.39, 0.29) is 0 Å². The molecule has 2 aromatic carbocycles. The molecule has 2 rings (SSSR count). The Hall–Kier alpha value is -2.36. The molecule has 3 N–H and O–H groups in total. The summed E-state index contributed by atoms with van der Waals surface area (Å²) in [5, 5.41) is 3.25. The molecule has 0 aliphatic carbocycles. The van der Waals surface area contributed by atoms with Crippen LogP contribution in [-0.2, 0) is 0 Å². The predicted octanol–water partition coefficient (Wildman–Crippen LogP) is 3.03. The van der Waals surface area contributed by atoms with E-state index >= 15 is 0 Å². The van der Waals surface area contributed by atoms with E-state index in [4.69, 9.17) is 15.2 Å². The molecule has 0 aliphatic rings. The van der Waals surface area contributed by atoms with Gasteiger partial charge in [-0.3, -0.25) is 0 Å². The Morgan fingerprint density at radius 1 is 0.889 bits per heavy atom. The number of benzene rings is 2. The molecule has 0 saturated heterocycles. The van der Waals surface area contributed by atoms with Crippen molar-refractivity contribution in [1.82, 2.24) is 0 Å². The first-order chi connectivity index (χ1) is 8.71. The molecule has 0 saturated carbocycles. The molecule has 0 spiro atoms. The van der Waals surface area contributed by atoms with Crippen LogP contribution in [0.1, 0.15) is 0 Å². The van der Waals surface area contributed by atoms with Gasteiger partial charge in [0.05, 0.1) is 14.2 Å². The van der Waals surface area contributed by atoms with Gasteiger partial charge in [-0.2, -0.15) is 0 Å². The summed E-state index contributed by atoms with van der Waals surface area (Å²) in [6.45, 7) is 0. The van der Waals surface area contributed by atoms with E-state index in [1.54, 1.807) is 14.2 Å². The number of nitrogen functional groups attached to an aromatic ring is 1. The summed E-state index contributed by atoms with van der Waals surface area (Å²) < 4.78 is 10.4. The topological polar surface area (TPSA) is 56.5 Å². The minimum atomic E-state index is 0.717. The Bertz CT molecular complexity index is 519. The highest BCUT2D eigenvalue weighted by atomic mass is 16.5. The molecule has 0 heterocycles. The second-order valence-electron chi connectivity index (χ2n) is 3.85. The Morgan fingerprint density at radius 3 is 2.11 bits per heavy atom. The number of anilines is 3. The van der Waals surface area contributed by atoms with Crippen LogP contribution >= 0.6 is 0 Å². The SMILES string of the molecule is COc1cc(Nc2cccc(N)c2)cc(OC)c1. The number of nitrogens with one attached hydrogen (secondary N) is 1. The summed E-state index contributed by atoms with van der Waals surface area (Å²) in [6, 6.07) is 13.2. The molecule has 2 aromatic rings. The number of nitrogens with two attached hydrogens (primary N) is 1. The lowest BCUT2D eigenvalue weighted by Crippen LogP contribution is -1.94. The van der Waals surface area contributed by atoms with E-state index in [1.165, 1.54) is 0 Å². The number of ether oxygens (including phenoxy) is 2. The van der Waals surface area contributed by atoms with Crippen molar-refractivity contribution in [3.63, 3.8) is 0 Å². The molecule has 0 amide bonds. The van der Waals surface area contributed by atoms with Crippen LogP contribution in [0.5, 0.6) is 11.5 Å². The molecule has 0 bridgehead atoms. The molecule has 0 unspecified atom stereocenters. The van der Waals surface area contributed by atoms with Gasteiger partial charge in [0.15, 0.2) is 0 Å². The number of methoxy groups -OCH3 is 2. The second-order valence-corrected chi connectivity index (χ2v) is 3.85. The van der Waals surface area contributed by atoms with Gasteiger partial charge in [-0.1, -0.05) is 6.07 Å². The van der Waals surface area contributed by atoms with Gasteiger partial charge >= 0.3 is 0 Å². The quantitative estimate of drug-likeness (QED) is 0.812. The molecule has 0 aromatic heterocycles. The average Bonchev–Trinajstić information content (AvgIpc) is 2.38. The second kappa shape index (κ2) is 5.31. The summed E-state index contributed by atoms with van der Waals surface area (Å²) in [4.78, 5) is 0. The maximum Gasteiger partial charge on any atom is 0.124 e. The Balaban J connectivity index is 2.28. The predicted molar refractivity (Wildman–Crippen MR) is 73.7 cm³/mol. The summed E-state index contributed by atoms with van der Waals surface area (Å²) in [6.07, 6.45) is 0. The highest BCUT2D eigenvalue weighted by molar-refractivity contribution is 5.66. The smallest absolute Gasteiger partial charge is 0.124 e. The van der Waals surface area contributed by atoms with Crippen LogP contribution in [0.3, 0.4) is 0 Å². The first-order valence-corrected chi connectivity index (χ1v) is 5.57. The molecule has 0 fully saturated rings. The molecule has 0 radical (unpaired) electrons. The van der Waals surface area contributed by atoms with Crippen molar-refractivity contribution >= 4 is 17.1 Å². The number of hydrogen-bond donors (Lipinski definition) is 2. The van der Waals surface area contributed by atoms with Crippen molar-refractivity contribution in [2.24, 2.45) is 0 Å². The maximum atomic E-state index is 5.74. The zero-order valence-electron chi connectivity index (χ0n) is 10.4. The van der Waals surface area contributed by atoms with Crippen LogP contribution in [0.25, 0.3) is 0 Å². The molecule has 0 aliphatic heterocycles. The van der Waals surface area contributed by atoms with Crippen LogP contribution in [-0.4, -0.2) is 14.2 Å². The fourth-order valence-electron chi connectivity index (χ4n) is 1.66. The van der Waals surface area contributed by atoms with Crippen molar-refractivity contribution in [2.75, 3.05) is 25.3 Å². The van der Waals surface area contributed by atoms with Crippen LogP contribution in [0.2, 0.25) is 0 Å². The van der Waals surface area contributed by atoms with Crippen molar-refractivity contribution in [3.8, 4) is 11.5 Å². The largest absolute Gasteiger partial charge is 0.497 e. The van der Waals surface area contributed by atoms with Crippen LogP contribution < -0.4 is 20.5 Å². The summed E-state index contributed by atoms with van der Waals surface area (Å²) in [5.41, 5.74) is 8.26. The number of hydrogen-bond acceptors (Lipinski definition) is 4. The minimum Gasteiger partial charge on any atom is -0.497 e. The van der Waals surface area contributed by atoms with E-state index in [9.17, 15) is 0 Å². The Kier molecular flexibility index (Phi) is 3.57. The van der Waals surface area contributed by atoms with E-state index in [0.29, 0.717) is 0 Å². The maximum absolute atomic E-state index is 5.74. The molecule has 4 heteroatoms. The zero-order valence-corrected chi connectivity index (χ0v) is 10.4. The first kappa shape index (κ1) is 12.1.